The van der Waals surface area contributed by atoms with Crippen molar-refractivity contribution in [3.05, 3.63) is 59.2 Å². The predicted octanol–water partition coefficient (Wildman–Crippen LogP) is 3.39. The molecule has 2 aliphatic carbocycles. The SMILES string of the molecule is CN(C)CCCC(=O)c1ccc(-c2cc(O)c3c4c2C[C@@H]2[C@@H]5C=C[C@H](O)[C@H](O3)[C@]45CCN2C)cc1. The minimum Gasteiger partial charge on any atom is -0.504 e. The van der Waals surface area contributed by atoms with Gasteiger partial charge in [-0.2, -0.15) is 0 Å². The molecule has 1 saturated heterocycles. The number of aliphatic hydroxyl groups is 1. The molecular weight excluding hydrogens is 440 g/mol. The molecule has 184 valence electrons. The van der Waals surface area contributed by atoms with E-state index < -0.39 is 6.10 Å². The summed E-state index contributed by atoms with van der Waals surface area (Å²) in [5.74, 6) is 1.10. The second-order valence-corrected chi connectivity index (χ2v) is 11.0. The Balaban J connectivity index is 1.41. The average Bonchev–Trinajstić information content (AvgIpc) is 3.19. The van der Waals surface area contributed by atoms with Crippen molar-refractivity contribution in [2.75, 3.05) is 34.2 Å². The van der Waals surface area contributed by atoms with Crippen molar-refractivity contribution in [3.8, 4) is 22.6 Å². The van der Waals surface area contributed by atoms with Crippen LogP contribution in [0.25, 0.3) is 11.1 Å². The van der Waals surface area contributed by atoms with Gasteiger partial charge in [-0.15, -0.1) is 0 Å². The maximum absolute atomic E-state index is 12.7. The van der Waals surface area contributed by atoms with Crippen molar-refractivity contribution in [1.82, 2.24) is 9.80 Å². The lowest BCUT2D eigenvalue weighted by Crippen LogP contribution is -2.64. The quantitative estimate of drug-likeness (QED) is 0.494. The van der Waals surface area contributed by atoms with Crippen molar-refractivity contribution >= 4 is 5.78 Å². The molecule has 2 heterocycles. The minimum absolute atomic E-state index is 0.134. The van der Waals surface area contributed by atoms with Crippen LogP contribution < -0.4 is 4.74 Å². The Bertz CT molecular complexity index is 1200. The molecule has 2 aromatic rings. The van der Waals surface area contributed by atoms with Gasteiger partial charge < -0.3 is 24.7 Å². The largest absolute Gasteiger partial charge is 0.504 e. The first-order chi connectivity index (χ1) is 16.8. The number of piperidine rings is 1. The minimum atomic E-state index is -0.686. The number of nitrogens with zero attached hydrogens (tertiary/aromatic N) is 2. The fourth-order valence-electron chi connectivity index (χ4n) is 7.12. The Labute approximate surface area is 206 Å². The molecule has 6 nitrogen and oxygen atoms in total. The number of benzene rings is 2. The molecule has 6 heteroatoms. The van der Waals surface area contributed by atoms with Gasteiger partial charge in [0.2, 0.25) is 0 Å². The van der Waals surface area contributed by atoms with Crippen LogP contribution in [0.15, 0.2) is 42.5 Å². The van der Waals surface area contributed by atoms with Crippen LogP contribution in [-0.2, 0) is 11.8 Å². The number of hydrogen-bond donors (Lipinski definition) is 2. The lowest BCUT2D eigenvalue weighted by Gasteiger charge is -2.56. The van der Waals surface area contributed by atoms with Gasteiger partial charge in [0.1, 0.15) is 12.2 Å². The van der Waals surface area contributed by atoms with Gasteiger partial charge in [0.25, 0.3) is 0 Å². The highest BCUT2D eigenvalue weighted by molar-refractivity contribution is 5.96. The number of rotatable bonds is 6. The first-order valence-electron chi connectivity index (χ1n) is 12.7. The van der Waals surface area contributed by atoms with E-state index in [-0.39, 0.29) is 29.0 Å². The molecule has 0 amide bonds. The number of ketones is 1. The summed E-state index contributed by atoms with van der Waals surface area (Å²) >= 11 is 0. The van der Waals surface area contributed by atoms with Crippen LogP contribution in [0.3, 0.4) is 0 Å². The number of Topliss-reactive ketones (excluding diaryl/α,β-unsaturated/α-hetero) is 1. The number of likely N-dealkylation sites (tertiary alicyclic amines) is 1. The standard InChI is InChI=1S/C29H34N2O4/c1-30(2)13-4-5-23(32)18-8-6-17(7-9-18)19-16-25(34)27-26-20(19)15-22-21-10-11-24(33)28(35-27)29(21,26)12-14-31(22)3/h6-11,16,21-22,24,28,33-34H,4-5,12-15H2,1-3H3/t21-,22+,24-,28-,29-/m0/s1. The van der Waals surface area contributed by atoms with E-state index in [0.29, 0.717) is 18.2 Å². The van der Waals surface area contributed by atoms with Crippen LogP contribution in [-0.4, -0.2) is 78.3 Å². The molecule has 2 N–H and O–H groups in total. The Morgan fingerprint density at radius 2 is 2.00 bits per heavy atom. The van der Waals surface area contributed by atoms with E-state index in [0.717, 1.165) is 54.6 Å². The van der Waals surface area contributed by atoms with Crippen molar-refractivity contribution in [2.24, 2.45) is 5.92 Å². The molecule has 1 fully saturated rings. The van der Waals surface area contributed by atoms with Crippen molar-refractivity contribution in [3.63, 3.8) is 0 Å². The molecule has 0 saturated carbocycles. The summed E-state index contributed by atoms with van der Waals surface area (Å²) in [7, 11) is 6.22. The van der Waals surface area contributed by atoms with Gasteiger partial charge in [-0.05, 0) is 76.3 Å². The van der Waals surface area contributed by atoms with E-state index in [4.69, 9.17) is 4.74 Å². The van der Waals surface area contributed by atoms with Gasteiger partial charge in [-0.3, -0.25) is 4.79 Å². The maximum atomic E-state index is 12.7. The lowest BCUT2D eigenvalue weighted by molar-refractivity contribution is -0.0452. The van der Waals surface area contributed by atoms with Gasteiger partial charge in [-0.25, -0.2) is 0 Å². The smallest absolute Gasteiger partial charge is 0.165 e. The Kier molecular flexibility index (Phi) is 5.33. The second kappa shape index (κ2) is 8.19. The summed E-state index contributed by atoms with van der Waals surface area (Å²) in [4.78, 5) is 17.2. The fraction of sp³-hybridized carbons (Fsp3) is 0.483. The second-order valence-electron chi connectivity index (χ2n) is 11.0. The zero-order chi connectivity index (χ0) is 24.5. The molecule has 1 spiro atoms. The molecule has 5 atom stereocenters. The van der Waals surface area contributed by atoms with Crippen LogP contribution in [0.2, 0.25) is 0 Å². The summed E-state index contributed by atoms with van der Waals surface area (Å²) in [5, 5.41) is 21.9. The number of carbonyl (C=O) groups is 1. The topological polar surface area (TPSA) is 73.2 Å². The van der Waals surface area contributed by atoms with Crippen molar-refractivity contribution in [1.29, 1.82) is 0 Å². The summed E-state index contributed by atoms with van der Waals surface area (Å²) in [6.45, 7) is 1.84. The number of phenols is 1. The number of hydrogen-bond acceptors (Lipinski definition) is 6. The summed E-state index contributed by atoms with van der Waals surface area (Å²) in [6.07, 6.45) is 6.14. The van der Waals surface area contributed by atoms with E-state index in [1.54, 1.807) is 0 Å². The van der Waals surface area contributed by atoms with Gasteiger partial charge >= 0.3 is 0 Å². The van der Waals surface area contributed by atoms with Crippen LogP contribution >= 0.6 is 0 Å². The highest BCUT2D eigenvalue weighted by Crippen LogP contribution is 2.63. The highest BCUT2D eigenvalue weighted by Gasteiger charge is 2.64. The van der Waals surface area contributed by atoms with Crippen LogP contribution in [0.5, 0.6) is 11.5 Å². The normalized spacial score (nSPS) is 30.3. The van der Waals surface area contributed by atoms with E-state index >= 15 is 0 Å². The number of aliphatic hydroxyl groups excluding tert-OH is 1. The van der Waals surface area contributed by atoms with Crippen molar-refractivity contribution < 1.29 is 19.7 Å². The summed E-state index contributed by atoms with van der Waals surface area (Å²) in [6, 6.07) is 9.96. The Morgan fingerprint density at radius 1 is 1.23 bits per heavy atom. The summed E-state index contributed by atoms with van der Waals surface area (Å²) in [5.41, 5.74) is 4.71. The maximum Gasteiger partial charge on any atom is 0.165 e. The fourth-order valence-corrected chi connectivity index (χ4v) is 7.12. The number of phenolic OH excluding ortho intramolecular Hbond substituents is 1. The predicted molar refractivity (Wildman–Crippen MR) is 135 cm³/mol. The van der Waals surface area contributed by atoms with E-state index in [9.17, 15) is 15.0 Å². The monoisotopic (exact) mass is 474 g/mol. The van der Waals surface area contributed by atoms with Gasteiger partial charge in [0, 0.05) is 34.9 Å². The number of ether oxygens (including phenoxy) is 1. The van der Waals surface area contributed by atoms with Gasteiger partial charge in [-0.1, -0.05) is 36.4 Å². The third-order valence-electron chi connectivity index (χ3n) is 8.81. The van der Waals surface area contributed by atoms with E-state index in [2.05, 4.69) is 22.9 Å². The van der Waals surface area contributed by atoms with E-state index in [1.165, 1.54) is 5.56 Å². The zero-order valence-corrected chi connectivity index (χ0v) is 20.7. The van der Waals surface area contributed by atoms with Crippen LogP contribution in [0, 0.1) is 5.92 Å². The van der Waals surface area contributed by atoms with Gasteiger partial charge in [0.05, 0.1) is 0 Å². The van der Waals surface area contributed by atoms with Crippen LogP contribution in [0.1, 0.15) is 40.7 Å². The molecule has 4 aliphatic rings. The first-order valence-corrected chi connectivity index (χ1v) is 12.7. The molecule has 2 bridgehead atoms. The molecule has 6 rings (SSSR count). The first kappa shape index (κ1) is 22.8. The molecule has 2 aliphatic heterocycles. The van der Waals surface area contributed by atoms with E-state index in [1.807, 2.05) is 50.5 Å². The highest BCUT2D eigenvalue weighted by atomic mass is 16.5. The van der Waals surface area contributed by atoms with Gasteiger partial charge in [0.15, 0.2) is 17.3 Å². The lowest BCUT2D eigenvalue weighted by atomic mass is 9.53. The molecule has 0 radical (unpaired) electrons. The molecule has 2 aromatic carbocycles. The zero-order valence-electron chi connectivity index (χ0n) is 20.7. The number of aromatic hydroxyl groups is 1. The number of carbonyl (C=O) groups excluding carboxylic acids is 1. The third kappa shape index (κ3) is 3.30. The Hall–Kier alpha value is -2.67. The summed E-state index contributed by atoms with van der Waals surface area (Å²) < 4.78 is 6.33. The molecule has 35 heavy (non-hydrogen) atoms. The third-order valence-corrected chi connectivity index (χ3v) is 8.81. The molecular formula is C29H34N2O4. The van der Waals surface area contributed by atoms with Crippen molar-refractivity contribution in [2.45, 2.75) is 49.3 Å². The molecule has 0 unspecified atom stereocenters. The van der Waals surface area contributed by atoms with Crippen LogP contribution in [0.4, 0.5) is 0 Å². The molecule has 0 aromatic heterocycles. The average molecular weight is 475 g/mol. The Morgan fingerprint density at radius 3 is 2.74 bits per heavy atom. The number of likely N-dealkylation sites (N-methyl/N-ethyl adjacent to an activating group) is 1.